The minimum absolute atomic E-state index is 0.000000000000000444. The molecule has 1 saturated carbocycles. The van der Waals surface area contributed by atoms with Gasteiger partial charge in [-0.3, -0.25) is 4.79 Å². The zero-order chi connectivity index (χ0) is 11.3. The van der Waals surface area contributed by atoms with Crippen LogP contribution in [0.2, 0.25) is 0 Å². The molecule has 6 heteroatoms. The van der Waals surface area contributed by atoms with Crippen LogP contribution in [0, 0.1) is 17.3 Å². The summed E-state index contributed by atoms with van der Waals surface area (Å²) in [5.41, 5.74) is -0.173. The highest BCUT2D eigenvalue weighted by Gasteiger charge is 2.69. The molecule has 0 aromatic rings. The average molecular weight is 387 g/mol. The molecule has 1 rings (SSSR count). The Balaban J connectivity index is 2.88. The molecule has 0 bridgehead atoms. The van der Waals surface area contributed by atoms with E-state index in [1.165, 1.54) is 0 Å². The molecule has 0 aromatic carbocycles. The molecule has 82 valence electrons. The molecule has 1 fully saturated rings. The van der Waals surface area contributed by atoms with Crippen LogP contribution < -0.4 is 0 Å². The molecule has 2 atom stereocenters. The van der Waals surface area contributed by atoms with E-state index in [1.54, 1.807) is 0 Å². The van der Waals surface area contributed by atoms with Gasteiger partial charge in [0.15, 0.2) is 0 Å². The number of carbonyl (C=O) groups is 1. The number of rotatable bonds is 3. The van der Waals surface area contributed by atoms with Gasteiger partial charge in [-0.1, -0.05) is 45.7 Å². The van der Waals surface area contributed by atoms with Gasteiger partial charge in [0.1, 0.15) is 8.07 Å². The first kappa shape index (κ1) is 13.6. The van der Waals surface area contributed by atoms with E-state index in [-0.39, 0.29) is 22.5 Å². The average Bonchev–Trinajstić information content (AvgIpc) is 2.53. The first-order valence-corrected chi connectivity index (χ1v) is 6.82. The molecule has 2 unspecified atom stereocenters. The van der Waals surface area contributed by atoms with Crippen LogP contribution in [0.4, 0.5) is 0 Å². The van der Waals surface area contributed by atoms with Crippen molar-refractivity contribution in [3.05, 3.63) is 0 Å². The van der Waals surface area contributed by atoms with Crippen LogP contribution in [0.15, 0.2) is 0 Å². The summed E-state index contributed by atoms with van der Waals surface area (Å²) in [7, 11) is 0. The maximum absolute atomic E-state index is 11.1. The van der Waals surface area contributed by atoms with E-state index in [0.717, 1.165) is 0 Å². The molecule has 0 aliphatic heterocycles. The molecule has 0 amide bonds. The van der Waals surface area contributed by atoms with Crippen molar-refractivity contribution in [1.29, 1.82) is 0 Å². The van der Waals surface area contributed by atoms with Crippen molar-refractivity contribution < 1.29 is 4.79 Å². The van der Waals surface area contributed by atoms with Gasteiger partial charge in [-0.05, 0) is 17.0 Å². The molecule has 1 aliphatic rings. The summed E-state index contributed by atoms with van der Waals surface area (Å²) in [6, 6.07) is 0. The lowest BCUT2D eigenvalue weighted by atomic mass is 10.1. The third-order valence-corrected chi connectivity index (χ3v) is 6.66. The molecule has 1 nitrogen and oxygen atoms in total. The Kier molecular flexibility index (Phi) is 3.94. The molecule has 0 radical (unpaired) electrons. The molecule has 0 saturated heterocycles. The highest BCUT2D eigenvalue weighted by Crippen LogP contribution is 2.69. The minimum Gasteiger partial charge on any atom is -0.281 e. The maximum atomic E-state index is 11.1. The molecule has 1 aliphatic carbocycles. The van der Waals surface area contributed by atoms with Crippen molar-refractivity contribution >= 4 is 71.9 Å². The first-order valence-electron chi connectivity index (χ1n) is 3.98. The predicted octanol–water partition coefficient (Wildman–Crippen LogP) is 4.31. The van der Waals surface area contributed by atoms with Gasteiger partial charge in [0.05, 0.1) is 0 Å². The summed E-state index contributed by atoms with van der Waals surface area (Å²) in [6.07, 6.45) is 0. The molecule has 14 heavy (non-hydrogen) atoms. The van der Waals surface area contributed by atoms with Crippen molar-refractivity contribution in [2.45, 2.75) is 21.9 Å². The van der Waals surface area contributed by atoms with Crippen LogP contribution in [-0.4, -0.2) is 13.3 Å². The van der Waals surface area contributed by atoms with E-state index in [0.29, 0.717) is 0 Å². The second kappa shape index (κ2) is 4.06. The van der Waals surface area contributed by atoms with Gasteiger partial charge >= 0.3 is 0 Å². The Labute approximate surface area is 115 Å². The first-order chi connectivity index (χ1) is 6.13. The summed E-state index contributed by atoms with van der Waals surface area (Å²) in [5, 5.41) is -0.336. The molecule has 0 heterocycles. The standard InChI is InChI=1S/C8H9Br2Cl3O/c1-7(2)3(5(11)14)4(7)8(9,10)6(12)13/h3-4,6H,1-2H3. The maximum Gasteiger partial charge on any atom is 0.225 e. The number of hydrogen-bond donors (Lipinski definition) is 0. The lowest BCUT2D eigenvalue weighted by molar-refractivity contribution is -0.113. The Hall–Kier alpha value is 1.50. The van der Waals surface area contributed by atoms with Crippen LogP contribution in [0.5, 0.6) is 0 Å². The fraction of sp³-hybridized carbons (Fsp3) is 0.875. The Morgan fingerprint density at radius 1 is 1.43 bits per heavy atom. The Morgan fingerprint density at radius 3 is 2.07 bits per heavy atom. The van der Waals surface area contributed by atoms with Crippen LogP contribution in [0.1, 0.15) is 13.8 Å². The van der Waals surface area contributed by atoms with E-state index >= 15 is 0 Å². The molecule has 0 spiro atoms. The lowest BCUT2D eigenvalue weighted by Gasteiger charge is -2.23. The summed E-state index contributed by atoms with van der Waals surface area (Å²) in [4.78, 5) is 10.5. The van der Waals surface area contributed by atoms with Crippen molar-refractivity contribution in [3.63, 3.8) is 0 Å². The van der Waals surface area contributed by atoms with Crippen LogP contribution in [0.25, 0.3) is 0 Å². The van der Waals surface area contributed by atoms with Crippen LogP contribution in [-0.2, 0) is 4.79 Å². The normalized spacial score (nSPS) is 30.6. The zero-order valence-corrected chi connectivity index (χ0v) is 13.0. The van der Waals surface area contributed by atoms with Gasteiger partial charge in [-0.25, -0.2) is 0 Å². The van der Waals surface area contributed by atoms with Crippen molar-refractivity contribution in [3.8, 4) is 0 Å². The van der Waals surface area contributed by atoms with Gasteiger partial charge in [0, 0.05) is 11.8 Å². The van der Waals surface area contributed by atoms with Crippen LogP contribution >= 0.6 is 66.7 Å². The van der Waals surface area contributed by atoms with E-state index in [2.05, 4.69) is 31.9 Å². The van der Waals surface area contributed by atoms with Gasteiger partial charge < -0.3 is 0 Å². The third kappa shape index (κ3) is 2.13. The van der Waals surface area contributed by atoms with E-state index in [4.69, 9.17) is 34.8 Å². The Bertz CT molecular complexity index is 265. The van der Waals surface area contributed by atoms with Crippen molar-refractivity contribution in [2.24, 2.45) is 17.3 Å². The smallest absolute Gasteiger partial charge is 0.225 e. The van der Waals surface area contributed by atoms with E-state index in [1.807, 2.05) is 13.8 Å². The fourth-order valence-electron chi connectivity index (χ4n) is 1.92. The summed E-state index contributed by atoms with van der Waals surface area (Å²) in [5.74, 6) is -0.206. The number of carbonyl (C=O) groups excluding carboxylic acids is 1. The number of halogens is 5. The fourth-order valence-corrected chi connectivity index (χ4v) is 4.30. The van der Waals surface area contributed by atoms with Gasteiger partial charge in [-0.2, -0.15) is 0 Å². The van der Waals surface area contributed by atoms with Gasteiger partial charge in [0.25, 0.3) is 0 Å². The predicted molar refractivity (Wildman–Crippen MR) is 67.7 cm³/mol. The van der Waals surface area contributed by atoms with Gasteiger partial charge in [0.2, 0.25) is 5.24 Å². The van der Waals surface area contributed by atoms with Crippen LogP contribution in [0.3, 0.4) is 0 Å². The molecule has 0 aromatic heterocycles. The molecule has 0 N–H and O–H groups in total. The quantitative estimate of drug-likeness (QED) is 0.521. The van der Waals surface area contributed by atoms with E-state index < -0.39 is 8.07 Å². The third-order valence-electron chi connectivity index (χ3n) is 2.78. The second-order valence-corrected chi connectivity index (χ2v) is 9.21. The summed E-state index contributed by atoms with van der Waals surface area (Å²) < 4.78 is -0.651. The second-order valence-electron chi connectivity index (χ2n) is 4.06. The number of hydrogen-bond acceptors (Lipinski definition) is 1. The number of alkyl halides is 4. The zero-order valence-electron chi connectivity index (χ0n) is 7.53. The van der Waals surface area contributed by atoms with E-state index in [9.17, 15) is 4.79 Å². The topological polar surface area (TPSA) is 17.1 Å². The SMILES string of the molecule is CC1(C)C(C(=O)Cl)C1C(Br)(Br)C(Cl)Cl. The summed E-state index contributed by atoms with van der Waals surface area (Å²) in [6.45, 7) is 3.94. The minimum atomic E-state index is -0.651. The summed E-state index contributed by atoms with van der Waals surface area (Å²) >= 11 is 23.9. The molecular weight excluding hydrogens is 378 g/mol. The largest absolute Gasteiger partial charge is 0.281 e. The Morgan fingerprint density at radius 2 is 1.86 bits per heavy atom. The van der Waals surface area contributed by atoms with Gasteiger partial charge in [-0.15, -0.1) is 23.2 Å². The monoisotopic (exact) mass is 384 g/mol. The molecular formula is C8H9Br2Cl3O. The lowest BCUT2D eigenvalue weighted by Crippen LogP contribution is -2.26. The highest BCUT2D eigenvalue weighted by atomic mass is 79.9. The van der Waals surface area contributed by atoms with Crippen molar-refractivity contribution in [1.82, 2.24) is 0 Å². The highest BCUT2D eigenvalue weighted by molar-refractivity contribution is 9.25. The van der Waals surface area contributed by atoms with Crippen molar-refractivity contribution in [2.75, 3.05) is 0 Å².